The summed E-state index contributed by atoms with van der Waals surface area (Å²) in [5, 5.41) is 17.5. The number of hydrogen-bond acceptors (Lipinski definition) is 3. The maximum absolute atomic E-state index is 10.4. The summed E-state index contributed by atoms with van der Waals surface area (Å²) in [7, 11) is 0. The zero-order valence-electron chi connectivity index (χ0n) is 7.10. The number of carbonyl (C=O) groups is 1. The van der Waals surface area contributed by atoms with Crippen LogP contribution >= 0.6 is 0 Å². The zero-order valence-corrected chi connectivity index (χ0v) is 7.10. The molecule has 4 nitrogen and oxygen atoms in total. The monoisotopic (exact) mass is 206 g/mol. The molecular formula is C9H11NaO4. The van der Waals surface area contributed by atoms with Gasteiger partial charge in [-0.05, 0) is 31.2 Å². The third-order valence-electron chi connectivity index (χ3n) is 1.50. The van der Waals surface area contributed by atoms with Gasteiger partial charge in [0.25, 0.3) is 0 Å². The molecule has 14 heavy (non-hydrogen) atoms. The van der Waals surface area contributed by atoms with Gasteiger partial charge in [-0.15, -0.1) is 0 Å². The van der Waals surface area contributed by atoms with Crippen molar-refractivity contribution in [3.63, 3.8) is 0 Å². The maximum atomic E-state index is 10.4. The van der Waals surface area contributed by atoms with Crippen molar-refractivity contribution in [2.24, 2.45) is 0 Å². The molecule has 0 heterocycles. The number of rotatable bonds is 3. The molecule has 0 bridgehead atoms. The summed E-state index contributed by atoms with van der Waals surface area (Å²) in [5.41, 5.74) is 0. The van der Waals surface area contributed by atoms with E-state index in [1.165, 1.54) is 31.2 Å². The first-order valence-corrected chi connectivity index (χ1v) is 3.78. The number of phenolic OH excluding ortho intramolecular Hbond substituents is 1. The first-order valence-electron chi connectivity index (χ1n) is 3.78. The van der Waals surface area contributed by atoms with Gasteiger partial charge < -0.3 is 14.9 Å². The minimum absolute atomic E-state index is 0. The molecule has 0 fully saturated rings. The molecule has 5 heteroatoms. The van der Waals surface area contributed by atoms with Crippen LogP contribution in [0, 0.1) is 0 Å². The average Bonchev–Trinajstić information content (AvgIpc) is 2.08. The number of aliphatic carboxylic acids is 1. The molecule has 0 aliphatic carbocycles. The topological polar surface area (TPSA) is 66.8 Å². The van der Waals surface area contributed by atoms with Gasteiger partial charge in [0.15, 0.2) is 6.10 Å². The average molecular weight is 206 g/mol. The van der Waals surface area contributed by atoms with Crippen LogP contribution in [-0.4, -0.2) is 51.8 Å². The van der Waals surface area contributed by atoms with Crippen LogP contribution in [-0.2, 0) is 4.79 Å². The van der Waals surface area contributed by atoms with E-state index in [0.29, 0.717) is 5.75 Å². The Balaban J connectivity index is 0.00000169. The van der Waals surface area contributed by atoms with Crippen molar-refractivity contribution in [3.05, 3.63) is 24.3 Å². The van der Waals surface area contributed by atoms with Crippen molar-refractivity contribution in [2.75, 3.05) is 0 Å². The van der Waals surface area contributed by atoms with E-state index in [1.54, 1.807) is 0 Å². The fourth-order valence-corrected chi connectivity index (χ4v) is 0.779. The number of benzene rings is 1. The fraction of sp³-hybridized carbons (Fsp3) is 0.222. The van der Waals surface area contributed by atoms with Crippen LogP contribution in [0.25, 0.3) is 0 Å². The second-order valence-electron chi connectivity index (χ2n) is 2.59. The molecule has 72 valence electrons. The van der Waals surface area contributed by atoms with Gasteiger partial charge in [0.1, 0.15) is 11.5 Å². The summed E-state index contributed by atoms with van der Waals surface area (Å²) < 4.78 is 5.02. The molecule has 0 spiro atoms. The Hall–Kier alpha value is -0.710. The van der Waals surface area contributed by atoms with Crippen molar-refractivity contribution in [1.82, 2.24) is 0 Å². The Bertz CT molecular complexity index is 296. The van der Waals surface area contributed by atoms with Crippen molar-refractivity contribution in [1.29, 1.82) is 0 Å². The summed E-state index contributed by atoms with van der Waals surface area (Å²) in [6.07, 6.45) is -0.885. The van der Waals surface area contributed by atoms with E-state index < -0.39 is 12.1 Å². The quantitative estimate of drug-likeness (QED) is 0.710. The molecule has 1 aromatic carbocycles. The third kappa shape index (κ3) is 4.00. The fourth-order valence-electron chi connectivity index (χ4n) is 0.779. The van der Waals surface area contributed by atoms with Crippen LogP contribution in [0.5, 0.6) is 11.5 Å². The molecule has 0 radical (unpaired) electrons. The van der Waals surface area contributed by atoms with Gasteiger partial charge in [0.05, 0.1) is 0 Å². The van der Waals surface area contributed by atoms with Gasteiger partial charge in [0.2, 0.25) is 0 Å². The van der Waals surface area contributed by atoms with Crippen molar-refractivity contribution >= 4 is 35.5 Å². The molecule has 1 rings (SSSR count). The predicted octanol–water partition coefficient (Wildman–Crippen LogP) is 0.596. The van der Waals surface area contributed by atoms with Gasteiger partial charge >= 0.3 is 35.5 Å². The Morgan fingerprint density at radius 1 is 1.36 bits per heavy atom. The summed E-state index contributed by atoms with van der Waals surface area (Å²) in [6.45, 7) is 1.44. The number of carboxylic acids is 1. The Kier molecular flexibility index (Phi) is 5.60. The van der Waals surface area contributed by atoms with Crippen molar-refractivity contribution < 1.29 is 19.7 Å². The molecule has 0 amide bonds. The van der Waals surface area contributed by atoms with Gasteiger partial charge in [-0.25, -0.2) is 4.79 Å². The van der Waals surface area contributed by atoms with E-state index in [4.69, 9.17) is 14.9 Å². The van der Waals surface area contributed by atoms with Crippen LogP contribution in [0.15, 0.2) is 24.3 Å². The third-order valence-corrected chi connectivity index (χ3v) is 1.50. The van der Waals surface area contributed by atoms with Gasteiger partial charge in [-0.3, -0.25) is 0 Å². The number of aromatic hydroxyl groups is 1. The van der Waals surface area contributed by atoms with Crippen LogP contribution in [0.4, 0.5) is 0 Å². The molecule has 0 aliphatic heterocycles. The first kappa shape index (κ1) is 13.3. The molecular weight excluding hydrogens is 195 g/mol. The van der Waals surface area contributed by atoms with Gasteiger partial charge in [0, 0.05) is 0 Å². The second kappa shape index (κ2) is 5.90. The Morgan fingerprint density at radius 2 is 1.86 bits per heavy atom. The molecule has 0 saturated carbocycles. The summed E-state index contributed by atoms with van der Waals surface area (Å²) in [4.78, 5) is 10.4. The minimum atomic E-state index is -1.02. The Morgan fingerprint density at radius 3 is 2.29 bits per heavy atom. The van der Waals surface area contributed by atoms with Crippen LogP contribution in [0.2, 0.25) is 0 Å². The van der Waals surface area contributed by atoms with Gasteiger partial charge in [-0.1, -0.05) is 0 Å². The SMILES string of the molecule is CC(Oc1ccc(O)cc1)C(=O)O.[NaH]. The molecule has 1 unspecified atom stereocenters. The number of carboxylic acid groups (broad SMARTS) is 1. The first-order chi connectivity index (χ1) is 6.09. The van der Waals surface area contributed by atoms with E-state index in [1.807, 2.05) is 0 Å². The van der Waals surface area contributed by atoms with E-state index >= 15 is 0 Å². The van der Waals surface area contributed by atoms with E-state index in [0.717, 1.165) is 0 Å². The zero-order chi connectivity index (χ0) is 9.84. The molecule has 2 N–H and O–H groups in total. The second-order valence-corrected chi connectivity index (χ2v) is 2.59. The van der Waals surface area contributed by atoms with Crippen molar-refractivity contribution in [2.45, 2.75) is 13.0 Å². The predicted molar refractivity (Wildman–Crippen MR) is 53.0 cm³/mol. The van der Waals surface area contributed by atoms with E-state index in [-0.39, 0.29) is 35.3 Å². The van der Waals surface area contributed by atoms with Crippen molar-refractivity contribution in [3.8, 4) is 11.5 Å². The summed E-state index contributed by atoms with van der Waals surface area (Å²) in [5.74, 6) is -0.476. The van der Waals surface area contributed by atoms with Crippen LogP contribution in [0.3, 0.4) is 0 Å². The van der Waals surface area contributed by atoms with E-state index in [2.05, 4.69) is 0 Å². The summed E-state index contributed by atoms with van der Waals surface area (Å²) >= 11 is 0. The number of hydrogen-bond donors (Lipinski definition) is 2. The molecule has 0 aromatic heterocycles. The van der Waals surface area contributed by atoms with E-state index in [9.17, 15) is 4.79 Å². The molecule has 1 atom stereocenters. The Labute approximate surface area is 104 Å². The molecule has 1 aromatic rings. The standard InChI is InChI=1S/C9H10O4.Na.H/c1-6(9(11)12)13-8-4-2-7(10)3-5-8;;/h2-6,10H,1H3,(H,11,12);;. The van der Waals surface area contributed by atoms with Crippen LogP contribution < -0.4 is 4.74 Å². The summed E-state index contributed by atoms with van der Waals surface area (Å²) in [6, 6.07) is 5.89. The van der Waals surface area contributed by atoms with Crippen LogP contribution in [0.1, 0.15) is 6.92 Å². The normalized spacial score (nSPS) is 11.2. The molecule has 0 saturated heterocycles. The number of ether oxygens (including phenoxy) is 1. The number of phenols is 1. The molecule has 0 aliphatic rings. The van der Waals surface area contributed by atoms with Gasteiger partial charge in [-0.2, -0.15) is 0 Å².